The maximum Gasteiger partial charge on any atom is 0.254 e. The summed E-state index contributed by atoms with van der Waals surface area (Å²) in [5.41, 5.74) is 0. The van der Waals surface area contributed by atoms with Crippen molar-refractivity contribution >= 4 is 0 Å². The fourth-order valence-electron chi connectivity index (χ4n) is 1.16. The summed E-state index contributed by atoms with van der Waals surface area (Å²) in [6, 6.07) is 2.59. The predicted octanol–water partition coefficient (Wildman–Crippen LogP) is 2.07. The van der Waals surface area contributed by atoms with Crippen molar-refractivity contribution < 1.29 is 13.2 Å². The number of likely N-dealkylation sites (N-methyl/N-ethyl adjacent to an activating group) is 1. The van der Waals surface area contributed by atoms with Crippen LogP contribution in [0.25, 0.3) is 0 Å². The molecule has 1 heterocycles. The van der Waals surface area contributed by atoms with E-state index in [1.165, 1.54) is 6.26 Å². The molecule has 0 spiro atoms. The average Bonchev–Trinajstić information content (AvgIpc) is 2.56. The normalized spacial score (nSPS) is 13.5. The van der Waals surface area contributed by atoms with Gasteiger partial charge in [0.2, 0.25) is 0 Å². The molecule has 0 aliphatic rings. The first kappa shape index (κ1) is 10.2. The molecule has 4 heteroatoms. The van der Waals surface area contributed by atoms with Crippen molar-refractivity contribution in [3.05, 3.63) is 24.2 Å². The lowest BCUT2D eigenvalue weighted by Gasteiger charge is -2.14. The monoisotopic (exact) mass is 189 g/mol. The van der Waals surface area contributed by atoms with Gasteiger partial charge in [0.05, 0.1) is 12.3 Å². The van der Waals surface area contributed by atoms with E-state index in [4.69, 9.17) is 4.42 Å². The Bertz CT molecular complexity index is 224. The molecule has 0 aliphatic carbocycles. The number of furan rings is 1. The van der Waals surface area contributed by atoms with Crippen LogP contribution in [0, 0.1) is 0 Å². The molecule has 1 atom stereocenters. The van der Waals surface area contributed by atoms with E-state index < -0.39 is 12.5 Å². The summed E-state index contributed by atoms with van der Waals surface area (Å²) in [5, 5.41) is 2.71. The number of halogens is 2. The predicted molar refractivity (Wildman–Crippen MR) is 45.9 cm³/mol. The van der Waals surface area contributed by atoms with Gasteiger partial charge in [0.15, 0.2) is 0 Å². The second-order valence-electron chi connectivity index (χ2n) is 2.78. The van der Waals surface area contributed by atoms with E-state index in [0.717, 1.165) is 0 Å². The standard InChI is InChI=1S/C9H13F2NO/c1-2-12-8(9(10)11)6-7-4-3-5-13-7/h3-5,8-9,12H,2,6H2,1H3. The van der Waals surface area contributed by atoms with Crippen molar-refractivity contribution in [2.24, 2.45) is 0 Å². The highest BCUT2D eigenvalue weighted by Crippen LogP contribution is 2.09. The smallest absolute Gasteiger partial charge is 0.254 e. The summed E-state index contributed by atoms with van der Waals surface area (Å²) in [4.78, 5) is 0. The van der Waals surface area contributed by atoms with Crippen LogP contribution < -0.4 is 5.32 Å². The summed E-state index contributed by atoms with van der Waals surface area (Å²) >= 11 is 0. The molecule has 0 bridgehead atoms. The SMILES string of the molecule is CCNC(Cc1ccco1)C(F)F. The van der Waals surface area contributed by atoms with Crippen LogP contribution in [0.2, 0.25) is 0 Å². The molecule has 1 unspecified atom stereocenters. The lowest BCUT2D eigenvalue weighted by Crippen LogP contribution is -2.37. The molecule has 0 saturated heterocycles. The molecule has 0 saturated carbocycles. The Hall–Kier alpha value is -0.900. The Morgan fingerprint density at radius 2 is 2.31 bits per heavy atom. The summed E-state index contributed by atoms with van der Waals surface area (Å²) in [6.07, 6.45) is -0.632. The number of rotatable bonds is 5. The van der Waals surface area contributed by atoms with Crippen LogP contribution in [0.1, 0.15) is 12.7 Å². The van der Waals surface area contributed by atoms with Gasteiger partial charge in [-0.1, -0.05) is 6.92 Å². The molecule has 13 heavy (non-hydrogen) atoms. The van der Waals surface area contributed by atoms with Gasteiger partial charge >= 0.3 is 0 Å². The fraction of sp³-hybridized carbons (Fsp3) is 0.556. The third-order valence-electron chi connectivity index (χ3n) is 1.77. The van der Waals surface area contributed by atoms with Gasteiger partial charge in [0.25, 0.3) is 6.43 Å². The van der Waals surface area contributed by atoms with Crippen LogP contribution >= 0.6 is 0 Å². The van der Waals surface area contributed by atoms with Gasteiger partial charge in [-0.3, -0.25) is 0 Å². The second-order valence-corrected chi connectivity index (χ2v) is 2.78. The van der Waals surface area contributed by atoms with E-state index in [2.05, 4.69) is 5.32 Å². The Morgan fingerprint density at radius 1 is 1.54 bits per heavy atom. The molecular weight excluding hydrogens is 176 g/mol. The summed E-state index contributed by atoms with van der Waals surface area (Å²) in [7, 11) is 0. The first-order valence-corrected chi connectivity index (χ1v) is 4.28. The minimum Gasteiger partial charge on any atom is -0.469 e. The molecule has 0 amide bonds. The first-order valence-electron chi connectivity index (χ1n) is 4.28. The molecule has 1 rings (SSSR count). The molecule has 2 nitrogen and oxygen atoms in total. The Labute approximate surface area is 75.9 Å². The molecule has 1 aromatic heterocycles. The number of nitrogens with one attached hydrogen (secondary N) is 1. The zero-order valence-corrected chi connectivity index (χ0v) is 7.47. The number of alkyl halides is 2. The van der Waals surface area contributed by atoms with Crippen LogP contribution in [0.4, 0.5) is 8.78 Å². The van der Waals surface area contributed by atoms with Crippen LogP contribution in [0.15, 0.2) is 22.8 Å². The largest absolute Gasteiger partial charge is 0.469 e. The quantitative estimate of drug-likeness (QED) is 0.767. The van der Waals surface area contributed by atoms with E-state index in [1.807, 2.05) is 0 Å². The average molecular weight is 189 g/mol. The third kappa shape index (κ3) is 3.14. The summed E-state index contributed by atoms with van der Waals surface area (Å²) in [6.45, 7) is 2.34. The molecule has 0 radical (unpaired) electrons. The molecular formula is C9H13F2NO. The maximum atomic E-state index is 12.4. The topological polar surface area (TPSA) is 25.2 Å². The molecule has 0 fully saturated rings. The van der Waals surface area contributed by atoms with Gasteiger partial charge in [-0.05, 0) is 18.7 Å². The Morgan fingerprint density at radius 3 is 2.77 bits per heavy atom. The molecule has 0 aromatic carbocycles. The van der Waals surface area contributed by atoms with Crippen molar-refractivity contribution in [3.8, 4) is 0 Å². The zero-order valence-electron chi connectivity index (χ0n) is 7.47. The van der Waals surface area contributed by atoms with Gasteiger partial charge < -0.3 is 9.73 Å². The second kappa shape index (κ2) is 4.97. The summed E-state index contributed by atoms with van der Waals surface area (Å²) in [5.74, 6) is 0.589. The molecule has 74 valence electrons. The van der Waals surface area contributed by atoms with Gasteiger partial charge in [-0.2, -0.15) is 0 Å². The molecule has 1 N–H and O–H groups in total. The fourth-order valence-corrected chi connectivity index (χ4v) is 1.16. The minimum absolute atomic E-state index is 0.235. The van der Waals surface area contributed by atoms with E-state index in [0.29, 0.717) is 12.3 Å². The van der Waals surface area contributed by atoms with E-state index in [-0.39, 0.29) is 6.42 Å². The zero-order chi connectivity index (χ0) is 9.68. The van der Waals surface area contributed by atoms with Crippen LogP contribution in [0.5, 0.6) is 0 Å². The summed E-state index contributed by atoms with van der Waals surface area (Å²) < 4.78 is 29.7. The van der Waals surface area contributed by atoms with Crippen LogP contribution in [-0.2, 0) is 6.42 Å². The highest BCUT2D eigenvalue weighted by Gasteiger charge is 2.20. The van der Waals surface area contributed by atoms with Gasteiger partial charge in [-0.25, -0.2) is 8.78 Å². The van der Waals surface area contributed by atoms with Crippen molar-refractivity contribution in [2.75, 3.05) is 6.54 Å². The lowest BCUT2D eigenvalue weighted by atomic mass is 10.2. The van der Waals surface area contributed by atoms with Crippen LogP contribution in [-0.4, -0.2) is 19.0 Å². The Balaban J connectivity index is 2.47. The highest BCUT2D eigenvalue weighted by molar-refractivity contribution is 5.00. The minimum atomic E-state index is -2.36. The lowest BCUT2D eigenvalue weighted by molar-refractivity contribution is 0.0965. The molecule has 1 aromatic rings. The Kier molecular flexibility index (Phi) is 3.89. The van der Waals surface area contributed by atoms with Crippen molar-refractivity contribution in [3.63, 3.8) is 0 Å². The van der Waals surface area contributed by atoms with E-state index in [1.54, 1.807) is 19.1 Å². The van der Waals surface area contributed by atoms with Gasteiger partial charge in [0, 0.05) is 6.42 Å². The van der Waals surface area contributed by atoms with Gasteiger partial charge in [0.1, 0.15) is 5.76 Å². The van der Waals surface area contributed by atoms with Crippen LogP contribution in [0.3, 0.4) is 0 Å². The third-order valence-corrected chi connectivity index (χ3v) is 1.77. The number of hydrogen-bond acceptors (Lipinski definition) is 2. The molecule has 0 aliphatic heterocycles. The van der Waals surface area contributed by atoms with Crippen molar-refractivity contribution in [2.45, 2.75) is 25.8 Å². The first-order chi connectivity index (χ1) is 6.24. The highest BCUT2D eigenvalue weighted by atomic mass is 19.3. The van der Waals surface area contributed by atoms with Gasteiger partial charge in [-0.15, -0.1) is 0 Å². The number of hydrogen-bond donors (Lipinski definition) is 1. The maximum absolute atomic E-state index is 12.4. The van der Waals surface area contributed by atoms with Crippen molar-refractivity contribution in [1.82, 2.24) is 5.32 Å². The van der Waals surface area contributed by atoms with E-state index in [9.17, 15) is 8.78 Å². The van der Waals surface area contributed by atoms with E-state index >= 15 is 0 Å². The van der Waals surface area contributed by atoms with Crippen molar-refractivity contribution in [1.29, 1.82) is 0 Å².